The fourth-order valence-electron chi connectivity index (χ4n) is 6.84. The number of rotatable bonds is 2. The maximum atomic E-state index is 14.2. The number of imide groups is 1. The standard InChI is InChI=1S/C29H21NO3/c31-16-29-21-13-5-3-11-19(21)24(20-12-4-6-14-22(20)29)25-26(29)28(33)30(27(25)32)23-15-7-9-17-8-1-2-10-18(17)23/h1-15,24-26,31H,16H2. The summed E-state index contributed by atoms with van der Waals surface area (Å²) in [7, 11) is 0. The van der Waals surface area contributed by atoms with Crippen LogP contribution in [0.2, 0.25) is 0 Å². The zero-order chi connectivity index (χ0) is 22.3. The topological polar surface area (TPSA) is 57.6 Å². The van der Waals surface area contributed by atoms with E-state index in [1.807, 2.05) is 78.9 Å². The Morgan fingerprint density at radius 1 is 0.727 bits per heavy atom. The van der Waals surface area contributed by atoms with Gasteiger partial charge in [0.15, 0.2) is 0 Å². The van der Waals surface area contributed by atoms with Gasteiger partial charge in [-0.1, -0.05) is 84.9 Å². The summed E-state index contributed by atoms with van der Waals surface area (Å²) in [5.74, 6) is -1.76. The molecule has 4 nitrogen and oxygen atoms in total. The van der Waals surface area contributed by atoms with E-state index in [0.29, 0.717) is 5.69 Å². The molecule has 4 heteroatoms. The van der Waals surface area contributed by atoms with Crippen LogP contribution in [0.4, 0.5) is 5.69 Å². The van der Waals surface area contributed by atoms with Crippen LogP contribution in [-0.4, -0.2) is 23.5 Å². The van der Waals surface area contributed by atoms with E-state index in [4.69, 9.17) is 0 Å². The molecule has 0 saturated carbocycles. The highest BCUT2D eigenvalue weighted by Crippen LogP contribution is 2.64. The molecular formula is C29H21NO3. The van der Waals surface area contributed by atoms with Crippen molar-refractivity contribution in [2.45, 2.75) is 11.3 Å². The predicted octanol–water partition coefficient (Wildman–Crippen LogP) is 4.38. The van der Waals surface area contributed by atoms with Gasteiger partial charge in [-0.2, -0.15) is 0 Å². The molecule has 1 N–H and O–H groups in total. The number of benzene rings is 4. The summed E-state index contributed by atoms with van der Waals surface area (Å²) in [4.78, 5) is 29.6. The molecule has 0 radical (unpaired) electrons. The fraction of sp³-hybridized carbons (Fsp3) is 0.172. The number of carbonyl (C=O) groups excluding carboxylic acids is 2. The molecule has 2 amide bonds. The van der Waals surface area contributed by atoms with Crippen LogP contribution in [-0.2, 0) is 15.0 Å². The molecule has 2 unspecified atom stereocenters. The summed E-state index contributed by atoms with van der Waals surface area (Å²) >= 11 is 0. The van der Waals surface area contributed by atoms with E-state index in [-0.39, 0.29) is 24.3 Å². The molecule has 3 aliphatic carbocycles. The van der Waals surface area contributed by atoms with Gasteiger partial charge >= 0.3 is 0 Å². The average Bonchev–Trinajstić information content (AvgIpc) is 3.14. The number of nitrogens with zero attached hydrogens (tertiary/aromatic N) is 1. The van der Waals surface area contributed by atoms with Crippen LogP contribution in [0, 0.1) is 11.8 Å². The lowest BCUT2D eigenvalue weighted by molar-refractivity contribution is -0.124. The van der Waals surface area contributed by atoms with Crippen molar-refractivity contribution in [3.05, 3.63) is 113 Å². The lowest BCUT2D eigenvalue weighted by atomic mass is 9.47. The van der Waals surface area contributed by atoms with Gasteiger partial charge in [-0.15, -0.1) is 0 Å². The Hall–Kier alpha value is -3.76. The first-order valence-corrected chi connectivity index (χ1v) is 11.3. The molecule has 1 aliphatic heterocycles. The third-order valence-corrected chi connectivity index (χ3v) is 8.05. The van der Waals surface area contributed by atoms with Crippen molar-refractivity contribution in [1.82, 2.24) is 0 Å². The summed E-state index contributed by atoms with van der Waals surface area (Å²) in [6.45, 7) is -0.225. The van der Waals surface area contributed by atoms with E-state index in [9.17, 15) is 14.7 Å². The van der Waals surface area contributed by atoms with E-state index < -0.39 is 17.3 Å². The Bertz CT molecular complexity index is 1440. The molecule has 1 heterocycles. The van der Waals surface area contributed by atoms with Gasteiger partial charge in [-0.25, -0.2) is 4.90 Å². The molecule has 0 aromatic heterocycles. The van der Waals surface area contributed by atoms with Gasteiger partial charge in [0.2, 0.25) is 11.8 Å². The third kappa shape index (κ3) is 2.10. The second kappa shape index (κ2) is 6.40. The van der Waals surface area contributed by atoms with Crippen molar-refractivity contribution in [3.63, 3.8) is 0 Å². The lowest BCUT2D eigenvalue weighted by Gasteiger charge is -2.53. The first kappa shape index (κ1) is 18.8. The molecule has 2 bridgehead atoms. The highest BCUT2D eigenvalue weighted by atomic mass is 16.3. The smallest absolute Gasteiger partial charge is 0.239 e. The summed E-state index contributed by atoms with van der Waals surface area (Å²) in [5, 5.41) is 12.8. The zero-order valence-electron chi connectivity index (χ0n) is 17.8. The lowest BCUT2D eigenvalue weighted by Crippen LogP contribution is -2.55. The second-order valence-electron chi connectivity index (χ2n) is 9.30. The van der Waals surface area contributed by atoms with Crippen LogP contribution in [0.1, 0.15) is 28.2 Å². The number of anilines is 1. The number of amides is 2. The number of carbonyl (C=O) groups is 2. The number of aliphatic hydroxyl groups is 1. The Kier molecular flexibility index (Phi) is 3.64. The molecule has 2 atom stereocenters. The van der Waals surface area contributed by atoms with E-state index >= 15 is 0 Å². The van der Waals surface area contributed by atoms with Crippen molar-refractivity contribution >= 4 is 28.3 Å². The third-order valence-electron chi connectivity index (χ3n) is 8.05. The Balaban J connectivity index is 1.52. The minimum atomic E-state index is -0.932. The molecular weight excluding hydrogens is 410 g/mol. The van der Waals surface area contributed by atoms with Gasteiger partial charge in [0.25, 0.3) is 0 Å². The van der Waals surface area contributed by atoms with Crippen molar-refractivity contribution < 1.29 is 14.7 Å². The Labute approximate surface area is 191 Å². The largest absolute Gasteiger partial charge is 0.395 e. The van der Waals surface area contributed by atoms with E-state index in [0.717, 1.165) is 33.0 Å². The molecule has 4 aliphatic rings. The minimum absolute atomic E-state index is 0.173. The van der Waals surface area contributed by atoms with Gasteiger partial charge < -0.3 is 5.11 Å². The van der Waals surface area contributed by atoms with Crippen LogP contribution in [0.5, 0.6) is 0 Å². The molecule has 4 aromatic rings. The van der Waals surface area contributed by atoms with Crippen molar-refractivity contribution in [2.75, 3.05) is 11.5 Å². The number of fused-ring (bicyclic) bond motifs is 1. The van der Waals surface area contributed by atoms with Crippen LogP contribution in [0.25, 0.3) is 10.8 Å². The first-order valence-electron chi connectivity index (χ1n) is 11.3. The maximum absolute atomic E-state index is 14.2. The van der Waals surface area contributed by atoms with Crippen molar-refractivity contribution in [2.24, 2.45) is 11.8 Å². The Morgan fingerprint density at radius 2 is 1.33 bits per heavy atom. The highest BCUT2D eigenvalue weighted by molar-refractivity contribution is 6.26. The second-order valence-corrected chi connectivity index (χ2v) is 9.30. The molecule has 0 spiro atoms. The van der Waals surface area contributed by atoms with Crippen LogP contribution < -0.4 is 4.90 Å². The maximum Gasteiger partial charge on any atom is 0.239 e. The first-order chi connectivity index (χ1) is 16.2. The summed E-state index contributed by atoms with van der Waals surface area (Å²) in [5.41, 5.74) is 3.73. The SMILES string of the molecule is O=C1C2C3c4ccccc4C(CO)(c4ccccc43)C2C(=O)N1c1cccc2ccccc12. The quantitative estimate of drug-likeness (QED) is 0.479. The number of aliphatic hydroxyl groups excluding tert-OH is 1. The summed E-state index contributed by atoms with van der Waals surface area (Å²) in [6.07, 6.45) is 0. The zero-order valence-corrected chi connectivity index (χ0v) is 17.8. The Morgan fingerprint density at radius 3 is 2.03 bits per heavy atom. The molecule has 33 heavy (non-hydrogen) atoms. The molecule has 1 fully saturated rings. The van der Waals surface area contributed by atoms with E-state index in [2.05, 4.69) is 12.1 Å². The van der Waals surface area contributed by atoms with Gasteiger partial charge in [-0.05, 0) is 33.7 Å². The van der Waals surface area contributed by atoms with E-state index in [1.54, 1.807) is 0 Å². The molecule has 1 saturated heterocycles. The minimum Gasteiger partial charge on any atom is -0.395 e. The van der Waals surface area contributed by atoms with Gasteiger partial charge in [0.05, 0.1) is 29.5 Å². The molecule has 8 rings (SSSR count). The number of hydrogen-bond acceptors (Lipinski definition) is 3. The van der Waals surface area contributed by atoms with Gasteiger partial charge in [0.1, 0.15) is 0 Å². The van der Waals surface area contributed by atoms with Crippen LogP contribution in [0.15, 0.2) is 91.0 Å². The monoisotopic (exact) mass is 431 g/mol. The molecule has 160 valence electrons. The molecule has 4 aromatic carbocycles. The highest BCUT2D eigenvalue weighted by Gasteiger charge is 2.68. The number of hydrogen-bond donors (Lipinski definition) is 1. The summed E-state index contributed by atoms with van der Waals surface area (Å²) in [6, 6.07) is 29.5. The van der Waals surface area contributed by atoms with Crippen molar-refractivity contribution in [3.8, 4) is 0 Å². The van der Waals surface area contributed by atoms with Gasteiger partial charge in [-0.3, -0.25) is 9.59 Å². The van der Waals surface area contributed by atoms with Gasteiger partial charge in [0, 0.05) is 11.3 Å². The normalized spacial score (nSPS) is 26.9. The fourth-order valence-corrected chi connectivity index (χ4v) is 6.84. The van der Waals surface area contributed by atoms with Crippen molar-refractivity contribution in [1.29, 1.82) is 0 Å². The average molecular weight is 431 g/mol. The summed E-state index contributed by atoms with van der Waals surface area (Å²) < 4.78 is 0. The van der Waals surface area contributed by atoms with Crippen LogP contribution >= 0.6 is 0 Å². The predicted molar refractivity (Wildman–Crippen MR) is 126 cm³/mol. The van der Waals surface area contributed by atoms with Crippen LogP contribution in [0.3, 0.4) is 0 Å². The van der Waals surface area contributed by atoms with E-state index in [1.165, 1.54) is 4.90 Å².